The van der Waals surface area contributed by atoms with Crippen molar-refractivity contribution in [2.24, 2.45) is 0 Å². The van der Waals surface area contributed by atoms with Gasteiger partial charge in [-0.05, 0) is 43.1 Å². The first-order chi connectivity index (χ1) is 13.9. The van der Waals surface area contributed by atoms with Gasteiger partial charge in [0, 0.05) is 37.6 Å². The first kappa shape index (κ1) is 19.4. The van der Waals surface area contributed by atoms with Crippen LogP contribution in [0.2, 0.25) is 0 Å². The molecule has 1 atom stereocenters. The van der Waals surface area contributed by atoms with Crippen molar-refractivity contribution in [1.29, 1.82) is 0 Å². The number of benzene rings is 2. The third-order valence-corrected chi connectivity index (χ3v) is 6.05. The smallest absolute Gasteiger partial charge is 0.251 e. The van der Waals surface area contributed by atoms with E-state index in [0.29, 0.717) is 6.54 Å². The van der Waals surface area contributed by atoms with E-state index < -0.39 is 0 Å². The van der Waals surface area contributed by atoms with Crippen molar-refractivity contribution in [3.63, 3.8) is 0 Å². The monoisotopic (exact) mass is 389 g/mol. The number of para-hydroxylation sites is 1. The van der Waals surface area contributed by atoms with Gasteiger partial charge in [-0.15, -0.1) is 0 Å². The lowest BCUT2D eigenvalue weighted by Crippen LogP contribution is -2.47. The molecule has 0 radical (unpaired) electrons. The van der Waals surface area contributed by atoms with Crippen molar-refractivity contribution >= 4 is 16.8 Å². The molecule has 1 amide bonds. The van der Waals surface area contributed by atoms with Crippen LogP contribution in [0, 0.1) is 6.92 Å². The molecular weight excluding hydrogens is 362 g/mol. The summed E-state index contributed by atoms with van der Waals surface area (Å²) >= 11 is 0. The van der Waals surface area contributed by atoms with Gasteiger partial charge in [0.1, 0.15) is 6.54 Å². The molecule has 1 aromatic heterocycles. The van der Waals surface area contributed by atoms with Gasteiger partial charge >= 0.3 is 0 Å². The first-order valence-corrected chi connectivity index (χ1v) is 10.0. The van der Waals surface area contributed by atoms with Gasteiger partial charge in [0.2, 0.25) is 5.91 Å². The number of hydrogen-bond acceptors (Lipinski definition) is 3. The molecule has 150 valence electrons. The van der Waals surface area contributed by atoms with Gasteiger partial charge in [0.05, 0.1) is 5.52 Å². The average molecular weight is 389 g/mol. The van der Waals surface area contributed by atoms with Gasteiger partial charge in [-0.3, -0.25) is 19.1 Å². The highest BCUT2D eigenvalue weighted by Crippen LogP contribution is 2.22. The normalized spacial score (nSPS) is 16.6. The van der Waals surface area contributed by atoms with Crippen LogP contribution in [-0.2, 0) is 24.3 Å². The van der Waals surface area contributed by atoms with Crippen molar-refractivity contribution in [1.82, 2.24) is 14.4 Å². The van der Waals surface area contributed by atoms with Gasteiger partial charge in [-0.25, -0.2) is 0 Å². The zero-order chi connectivity index (χ0) is 20.5. The number of likely N-dealkylation sites (N-methyl/N-ethyl adjacent to an activating group) is 2. The summed E-state index contributed by atoms with van der Waals surface area (Å²) < 4.78 is 1.58. The number of nitrogens with zero attached hydrogens (tertiary/aromatic N) is 3. The highest BCUT2D eigenvalue weighted by molar-refractivity contribution is 5.84. The van der Waals surface area contributed by atoms with Gasteiger partial charge < -0.3 is 4.90 Å². The van der Waals surface area contributed by atoms with E-state index in [1.807, 2.05) is 38.2 Å². The maximum absolute atomic E-state index is 13.0. The number of carbonyl (C=O) groups is 1. The Morgan fingerprint density at radius 1 is 1.10 bits per heavy atom. The number of rotatable bonds is 4. The molecule has 3 aromatic rings. The fourth-order valence-corrected chi connectivity index (χ4v) is 4.26. The van der Waals surface area contributed by atoms with E-state index in [2.05, 4.69) is 36.2 Å². The third kappa shape index (κ3) is 3.83. The molecule has 0 saturated heterocycles. The average Bonchev–Trinajstić information content (AvgIpc) is 2.71. The second kappa shape index (κ2) is 7.84. The minimum absolute atomic E-state index is 0.0478. The number of amides is 1. The van der Waals surface area contributed by atoms with Crippen LogP contribution >= 0.6 is 0 Å². The van der Waals surface area contributed by atoms with Crippen LogP contribution in [-0.4, -0.2) is 47.0 Å². The van der Waals surface area contributed by atoms with Gasteiger partial charge in [-0.2, -0.15) is 0 Å². The number of fused-ring (bicyclic) bond motifs is 2. The number of hydrogen-bond donors (Lipinski definition) is 0. The van der Waals surface area contributed by atoms with E-state index in [9.17, 15) is 9.59 Å². The summed E-state index contributed by atoms with van der Waals surface area (Å²) in [5, 5.41) is 1.01. The Balaban J connectivity index is 1.51. The Kier molecular flexibility index (Phi) is 5.24. The molecule has 29 heavy (non-hydrogen) atoms. The van der Waals surface area contributed by atoms with E-state index >= 15 is 0 Å². The van der Waals surface area contributed by atoms with E-state index in [1.165, 1.54) is 11.1 Å². The molecule has 0 aliphatic carbocycles. The standard InChI is InChI=1S/C24H27N3O2/c1-17-12-23(28)27(22-11-7-6-10-21(17)22)16-24(29)26(3)15-20-13-18-8-4-5-9-19(18)14-25(20)2/h4-12,20H,13-16H2,1-3H3. The molecular formula is C24H27N3O2. The summed E-state index contributed by atoms with van der Waals surface area (Å²) in [6.45, 7) is 3.52. The molecule has 5 nitrogen and oxygen atoms in total. The maximum Gasteiger partial charge on any atom is 0.251 e. The molecule has 0 spiro atoms. The first-order valence-electron chi connectivity index (χ1n) is 10.0. The SMILES string of the molecule is Cc1cc(=O)n(CC(=O)N(C)CC2Cc3ccccc3CN2C)c2ccccc12. The van der Waals surface area contributed by atoms with Crippen molar-refractivity contribution in [3.05, 3.63) is 81.6 Å². The van der Waals surface area contributed by atoms with Crippen LogP contribution in [0.4, 0.5) is 0 Å². The third-order valence-electron chi connectivity index (χ3n) is 6.05. The lowest BCUT2D eigenvalue weighted by atomic mass is 9.94. The predicted molar refractivity (Wildman–Crippen MR) is 116 cm³/mol. The van der Waals surface area contributed by atoms with Crippen LogP contribution in [0.1, 0.15) is 16.7 Å². The lowest BCUT2D eigenvalue weighted by molar-refractivity contribution is -0.131. The second-order valence-corrected chi connectivity index (χ2v) is 8.08. The number of pyridine rings is 1. The fourth-order valence-electron chi connectivity index (χ4n) is 4.26. The molecule has 0 saturated carbocycles. The number of aromatic nitrogens is 1. The summed E-state index contributed by atoms with van der Waals surface area (Å²) in [4.78, 5) is 29.6. The highest BCUT2D eigenvalue weighted by Gasteiger charge is 2.25. The highest BCUT2D eigenvalue weighted by atomic mass is 16.2. The second-order valence-electron chi connectivity index (χ2n) is 8.08. The molecule has 1 unspecified atom stereocenters. The van der Waals surface area contributed by atoms with E-state index in [1.54, 1.807) is 15.5 Å². The topological polar surface area (TPSA) is 45.6 Å². The summed E-state index contributed by atoms with van der Waals surface area (Å²) in [7, 11) is 3.94. The summed E-state index contributed by atoms with van der Waals surface area (Å²) in [6, 6.07) is 18.1. The zero-order valence-corrected chi connectivity index (χ0v) is 17.3. The Morgan fingerprint density at radius 3 is 2.59 bits per heavy atom. The van der Waals surface area contributed by atoms with Crippen molar-refractivity contribution < 1.29 is 4.79 Å². The van der Waals surface area contributed by atoms with E-state index in [4.69, 9.17) is 0 Å². The van der Waals surface area contributed by atoms with Crippen LogP contribution in [0.5, 0.6) is 0 Å². The van der Waals surface area contributed by atoms with Gasteiger partial charge in [-0.1, -0.05) is 42.5 Å². The molecule has 0 bridgehead atoms. The molecule has 5 heteroatoms. The van der Waals surface area contributed by atoms with Crippen molar-refractivity contribution in [2.45, 2.75) is 32.5 Å². The molecule has 0 fully saturated rings. The number of aryl methyl sites for hydroxylation is 1. The van der Waals surface area contributed by atoms with Gasteiger partial charge in [0.25, 0.3) is 5.56 Å². The van der Waals surface area contributed by atoms with E-state index in [-0.39, 0.29) is 24.1 Å². The molecule has 1 aliphatic rings. The Bertz CT molecular complexity index is 1120. The van der Waals surface area contributed by atoms with Crippen LogP contribution < -0.4 is 5.56 Å². The van der Waals surface area contributed by atoms with Crippen LogP contribution in [0.3, 0.4) is 0 Å². The Labute approximate surface area is 171 Å². The van der Waals surface area contributed by atoms with Crippen LogP contribution in [0.15, 0.2) is 59.4 Å². The Hall–Kier alpha value is -2.92. The quantitative estimate of drug-likeness (QED) is 0.689. The summed E-state index contributed by atoms with van der Waals surface area (Å²) in [5.74, 6) is -0.0478. The minimum Gasteiger partial charge on any atom is -0.343 e. The maximum atomic E-state index is 13.0. The summed E-state index contributed by atoms with van der Waals surface area (Å²) in [5.41, 5.74) is 4.33. The fraction of sp³-hybridized carbons (Fsp3) is 0.333. The molecule has 4 rings (SSSR count). The molecule has 1 aliphatic heterocycles. The predicted octanol–water partition coefficient (Wildman–Crippen LogP) is 2.83. The number of carbonyl (C=O) groups excluding carboxylic acids is 1. The minimum atomic E-state index is -0.133. The molecule has 2 heterocycles. The van der Waals surface area contributed by atoms with Crippen molar-refractivity contribution in [2.75, 3.05) is 20.6 Å². The van der Waals surface area contributed by atoms with E-state index in [0.717, 1.165) is 29.4 Å². The largest absolute Gasteiger partial charge is 0.343 e. The zero-order valence-electron chi connectivity index (χ0n) is 17.3. The molecule has 0 N–H and O–H groups in total. The lowest BCUT2D eigenvalue weighted by Gasteiger charge is -2.36. The molecule has 2 aromatic carbocycles. The van der Waals surface area contributed by atoms with Crippen molar-refractivity contribution in [3.8, 4) is 0 Å². The van der Waals surface area contributed by atoms with Crippen LogP contribution in [0.25, 0.3) is 10.9 Å². The van der Waals surface area contributed by atoms with Gasteiger partial charge in [0.15, 0.2) is 0 Å². The summed E-state index contributed by atoms with van der Waals surface area (Å²) in [6.07, 6.45) is 0.928. The Morgan fingerprint density at radius 2 is 1.79 bits per heavy atom.